The lowest BCUT2D eigenvalue weighted by atomic mass is 10.0. The molecule has 0 radical (unpaired) electrons. The van der Waals surface area contributed by atoms with Crippen LogP contribution in [0.15, 0.2) is 47.2 Å². The molecule has 0 bridgehead atoms. The maximum atomic E-state index is 5.28. The molecule has 0 amide bonds. The van der Waals surface area contributed by atoms with Gasteiger partial charge in [-0.1, -0.05) is 22.0 Å². The lowest BCUT2D eigenvalue weighted by Crippen LogP contribution is -2.18. The second kappa shape index (κ2) is 5.98. The predicted octanol–water partition coefficient (Wildman–Crippen LogP) is 3.16. The smallest absolute Gasteiger partial charge is 0.119 e. The Kier molecular flexibility index (Phi) is 4.33. The van der Waals surface area contributed by atoms with Gasteiger partial charge in [0.2, 0.25) is 0 Å². The van der Waals surface area contributed by atoms with Crippen LogP contribution in [-0.2, 0) is 0 Å². The van der Waals surface area contributed by atoms with Crippen molar-refractivity contribution in [3.8, 4) is 5.75 Å². The molecule has 0 fully saturated rings. The highest BCUT2D eigenvalue weighted by atomic mass is 79.9. The van der Waals surface area contributed by atoms with E-state index in [4.69, 9.17) is 4.74 Å². The molecular formula is C14H15BrN2O. The number of rotatable bonds is 4. The second-order valence-electron chi connectivity index (χ2n) is 3.90. The normalized spacial score (nSPS) is 12.2. The van der Waals surface area contributed by atoms with E-state index in [0.29, 0.717) is 0 Å². The van der Waals surface area contributed by atoms with E-state index in [1.807, 2.05) is 37.5 Å². The highest BCUT2D eigenvalue weighted by Gasteiger charge is 2.15. The first-order valence-electron chi connectivity index (χ1n) is 5.67. The van der Waals surface area contributed by atoms with Crippen LogP contribution in [0.5, 0.6) is 5.75 Å². The van der Waals surface area contributed by atoms with Gasteiger partial charge in [-0.2, -0.15) is 0 Å². The van der Waals surface area contributed by atoms with Crippen molar-refractivity contribution >= 4 is 15.9 Å². The Morgan fingerprint density at radius 2 is 2.17 bits per heavy atom. The molecule has 1 heterocycles. The third-order valence-corrected chi connectivity index (χ3v) is 3.54. The average Bonchev–Trinajstić information content (AvgIpc) is 2.43. The van der Waals surface area contributed by atoms with E-state index in [0.717, 1.165) is 21.3 Å². The van der Waals surface area contributed by atoms with E-state index in [9.17, 15) is 0 Å². The van der Waals surface area contributed by atoms with E-state index >= 15 is 0 Å². The molecule has 0 aliphatic rings. The van der Waals surface area contributed by atoms with Gasteiger partial charge in [0.05, 0.1) is 13.2 Å². The lowest BCUT2D eigenvalue weighted by Gasteiger charge is -2.19. The molecule has 0 aliphatic heterocycles. The van der Waals surface area contributed by atoms with E-state index in [-0.39, 0.29) is 6.04 Å². The van der Waals surface area contributed by atoms with E-state index in [1.165, 1.54) is 0 Å². The van der Waals surface area contributed by atoms with Crippen LogP contribution >= 0.6 is 15.9 Å². The summed E-state index contributed by atoms with van der Waals surface area (Å²) in [6.07, 6.45) is 3.64. The summed E-state index contributed by atoms with van der Waals surface area (Å²) >= 11 is 3.58. The maximum absolute atomic E-state index is 5.28. The quantitative estimate of drug-likeness (QED) is 0.942. The monoisotopic (exact) mass is 306 g/mol. The fourth-order valence-electron chi connectivity index (χ4n) is 1.92. The number of aromatic nitrogens is 1. The Morgan fingerprint density at radius 1 is 1.33 bits per heavy atom. The van der Waals surface area contributed by atoms with Gasteiger partial charge in [-0.15, -0.1) is 0 Å². The molecular weight excluding hydrogens is 292 g/mol. The predicted molar refractivity (Wildman–Crippen MR) is 75.8 cm³/mol. The second-order valence-corrected chi connectivity index (χ2v) is 4.75. The van der Waals surface area contributed by atoms with Gasteiger partial charge < -0.3 is 10.1 Å². The van der Waals surface area contributed by atoms with Crippen LogP contribution in [0.4, 0.5) is 0 Å². The third kappa shape index (κ3) is 2.71. The summed E-state index contributed by atoms with van der Waals surface area (Å²) in [6, 6.07) is 10.0. The minimum absolute atomic E-state index is 0.0863. The fraction of sp³-hybridized carbons (Fsp3) is 0.214. The lowest BCUT2D eigenvalue weighted by molar-refractivity contribution is 0.413. The Balaban J connectivity index is 2.44. The largest absolute Gasteiger partial charge is 0.497 e. The Labute approximate surface area is 115 Å². The number of benzene rings is 1. The molecule has 1 atom stereocenters. The van der Waals surface area contributed by atoms with Gasteiger partial charge in [0.15, 0.2) is 0 Å². The van der Waals surface area contributed by atoms with Crippen LogP contribution < -0.4 is 10.1 Å². The van der Waals surface area contributed by atoms with Gasteiger partial charge in [-0.05, 0) is 42.4 Å². The standard InChI is InChI=1S/C14H15BrN2O/c1-16-14(10-4-3-7-17-9-10)12-8-11(18-2)5-6-13(12)15/h3-9,14,16H,1-2H3. The summed E-state index contributed by atoms with van der Waals surface area (Å²) in [6.45, 7) is 0. The SMILES string of the molecule is CNC(c1cccnc1)c1cc(OC)ccc1Br. The average molecular weight is 307 g/mol. The highest BCUT2D eigenvalue weighted by molar-refractivity contribution is 9.10. The minimum Gasteiger partial charge on any atom is -0.497 e. The van der Waals surface area contributed by atoms with Crippen LogP contribution in [-0.4, -0.2) is 19.1 Å². The number of methoxy groups -OCH3 is 1. The fourth-order valence-corrected chi connectivity index (χ4v) is 2.39. The molecule has 0 spiro atoms. The van der Waals surface area contributed by atoms with Crippen molar-refractivity contribution in [3.63, 3.8) is 0 Å². The van der Waals surface area contributed by atoms with E-state index < -0.39 is 0 Å². The maximum Gasteiger partial charge on any atom is 0.119 e. The van der Waals surface area contributed by atoms with Gasteiger partial charge in [-0.25, -0.2) is 0 Å². The van der Waals surface area contributed by atoms with Crippen molar-refractivity contribution in [3.05, 3.63) is 58.3 Å². The van der Waals surface area contributed by atoms with Crippen molar-refractivity contribution in [1.29, 1.82) is 0 Å². The number of pyridine rings is 1. The van der Waals surface area contributed by atoms with Crippen molar-refractivity contribution in [2.75, 3.05) is 14.2 Å². The molecule has 2 rings (SSSR count). The van der Waals surface area contributed by atoms with Gasteiger partial charge >= 0.3 is 0 Å². The number of halogens is 1. The molecule has 94 valence electrons. The molecule has 1 aromatic carbocycles. The Bertz CT molecular complexity index is 516. The summed E-state index contributed by atoms with van der Waals surface area (Å²) in [5.74, 6) is 0.845. The molecule has 0 aliphatic carbocycles. The molecule has 4 heteroatoms. The Hall–Kier alpha value is -1.39. The summed E-state index contributed by atoms with van der Waals surface area (Å²) in [5, 5.41) is 3.30. The first kappa shape index (κ1) is 13.1. The zero-order chi connectivity index (χ0) is 13.0. The number of hydrogen-bond donors (Lipinski definition) is 1. The van der Waals surface area contributed by atoms with E-state index in [1.54, 1.807) is 13.3 Å². The molecule has 1 unspecified atom stereocenters. The summed E-state index contributed by atoms with van der Waals surface area (Å²) < 4.78 is 6.32. The summed E-state index contributed by atoms with van der Waals surface area (Å²) in [7, 11) is 3.61. The minimum atomic E-state index is 0.0863. The van der Waals surface area contributed by atoms with Crippen LogP contribution in [0.3, 0.4) is 0 Å². The topological polar surface area (TPSA) is 34.2 Å². The van der Waals surface area contributed by atoms with Crippen LogP contribution in [0.2, 0.25) is 0 Å². The molecule has 18 heavy (non-hydrogen) atoms. The molecule has 2 aromatic rings. The summed E-state index contributed by atoms with van der Waals surface area (Å²) in [5.41, 5.74) is 2.25. The molecule has 0 saturated heterocycles. The van der Waals surface area contributed by atoms with Gasteiger partial charge in [0.25, 0.3) is 0 Å². The number of nitrogens with zero attached hydrogens (tertiary/aromatic N) is 1. The zero-order valence-corrected chi connectivity index (χ0v) is 11.9. The molecule has 1 N–H and O–H groups in total. The van der Waals surface area contributed by atoms with Crippen LogP contribution in [0.25, 0.3) is 0 Å². The number of nitrogens with one attached hydrogen (secondary N) is 1. The first-order valence-corrected chi connectivity index (χ1v) is 6.46. The molecule has 0 saturated carbocycles. The van der Waals surface area contributed by atoms with E-state index in [2.05, 4.69) is 32.3 Å². The highest BCUT2D eigenvalue weighted by Crippen LogP contribution is 2.31. The summed E-state index contributed by atoms with van der Waals surface area (Å²) in [4.78, 5) is 4.16. The van der Waals surface area contributed by atoms with Crippen molar-refractivity contribution in [2.45, 2.75) is 6.04 Å². The van der Waals surface area contributed by atoms with Gasteiger partial charge in [0, 0.05) is 16.9 Å². The number of hydrogen-bond acceptors (Lipinski definition) is 3. The number of ether oxygens (including phenoxy) is 1. The molecule has 3 nitrogen and oxygen atoms in total. The third-order valence-electron chi connectivity index (χ3n) is 2.82. The first-order chi connectivity index (χ1) is 8.76. The van der Waals surface area contributed by atoms with Crippen LogP contribution in [0, 0.1) is 0 Å². The van der Waals surface area contributed by atoms with Crippen molar-refractivity contribution in [2.24, 2.45) is 0 Å². The zero-order valence-electron chi connectivity index (χ0n) is 10.4. The van der Waals surface area contributed by atoms with Gasteiger partial charge in [0.1, 0.15) is 5.75 Å². The van der Waals surface area contributed by atoms with Crippen molar-refractivity contribution in [1.82, 2.24) is 10.3 Å². The van der Waals surface area contributed by atoms with Crippen LogP contribution in [0.1, 0.15) is 17.2 Å². The van der Waals surface area contributed by atoms with Gasteiger partial charge in [-0.3, -0.25) is 4.98 Å². The molecule has 1 aromatic heterocycles. The van der Waals surface area contributed by atoms with Crippen molar-refractivity contribution < 1.29 is 4.74 Å². The Morgan fingerprint density at radius 3 is 2.78 bits per heavy atom.